The van der Waals surface area contributed by atoms with Crippen molar-refractivity contribution >= 4 is 45.9 Å². The fourth-order valence-electron chi connectivity index (χ4n) is 2.18. The summed E-state index contributed by atoms with van der Waals surface area (Å²) in [6.07, 6.45) is 1.37. The molecule has 0 aliphatic heterocycles. The average molecular weight is 373 g/mol. The SMILES string of the molecule is Nc1cccc(C(=O)O)c1/C=N/Nc1nc(-c2ccccc2Cl)cs1. The molecule has 0 amide bonds. The molecule has 4 N–H and O–H groups in total. The summed E-state index contributed by atoms with van der Waals surface area (Å²) in [7, 11) is 0. The fraction of sp³-hybridized carbons (Fsp3) is 0. The highest BCUT2D eigenvalue weighted by molar-refractivity contribution is 7.14. The number of hydrogen-bond acceptors (Lipinski definition) is 6. The first-order valence-electron chi connectivity index (χ1n) is 7.17. The Bertz CT molecular complexity index is 955. The van der Waals surface area contributed by atoms with Crippen molar-refractivity contribution < 1.29 is 9.90 Å². The van der Waals surface area contributed by atoms with Crippen molar-refractivity contribution in [3.05, 3.63) is 64.0 Å². The number of aromatic nitrogens is 1. The number of aromatic carboxylic acids is 1. The molecule has 126 valence electrons. The van der Waals surface area contributed by atoms with Gasteiger partial charge < -0.3 is 10.8 Å². The molecular formula is C17H13ClN4O2S. The lowest BCUT2D eigenvalue weighted by atomic mass is 10.1. The summed E-state index contributed by atoms with van der Waals surface area (Å²) in [5.41, 5.74) is 10.9. The van der Waals surface area contributed by atoms with Crippen LogP contribution in [-0.4, -0.2) is 22.3 Å². The molecule has 0 bridgehead atoms. The molecule has 8 heteroatoms. The van der Waals surface area contributed by atoms with Gasteiger partial charge in [-0.3, -0.25) is 5.43 Å². The van der Waals surface area contributed by atoms with Gasteiger partial charge in [0.2, 0.25) is 5.13 Å². The topological polar surface area (TPSA) is 101 Å². The van der Waals surface area contributed by atoms with Crippen LogP contribution in [0, 0.1) is 0 Å². The summed E-state index contributed by atoms with van der Waals surface area (Å²) in [6.45, 7) is 0. The Labute approximate surface area is 152 Å². The highest BCUT2D eigenvalue weighted by atomic mass is 35.5. The van der Waals surface area contributed by atoms with Crippen molar-refractivity contribution in [2.45, 2.75) is 0 Å². The molecule has 0 saturated heterocycles. The maximum absolute atomic E-state index is 11.2. The smallest absolute Gasteiger partial charge is 0.336 e. The van der Waals surface area contributed by atoms with Crippen LogP contribution in [-0.2, 0) is 0 Å². The third kappa shape index (κ3) is 3.78. The summed E-state index contributed by atoms with van der Waals surface area (Å²) in [5, 5.41) is 16.3. The number of nitrogens with two attached hydrogens (primary N) is 1. The molecule has 0 saturated carbocycles. The molecule has 6 nitrogen and oxygen atoms in total. The number of hydrazone groups is 1. The second kappa shape index (κ2) is 7.33. The van der Waals surface area contributed by atoms with Gasteiger partial charge in [-0.1, -0.05) is 35.9 Å². The molecule has 0 radical (unpaired) electrons. The monoisotopic (exact) mass is 372 g/mol. The van der Waals surface area contributed by atoms with E-state index in [-0.39, 0.29) is 5.56 Å². The fourth-order valence-corrected chi connectivity index (χ4v) is 3.08. The van der Waals surface area contributed by atoms with Crippen molar-refractivity contribution in [1.29, 1.82) is 0 Å². The maximum Gasteiger partial charge on any atom is 0.336 e. The number of halogens is 1. The van der Waals surface area contributed by atoms with E-state index in [0.29, 0.717) is 21.4 Å². The number of anilines is 2. The number of benzene rings is 2. The number of carboxylic acids is 1. The van der Waals surface area contributed by atoms with Crippen LogP contribution in [0.3, 0.4) is 0 Å². The van der Waals surface area contributed by atoms with Crippen molar-refractivity contribution in [2.24, 2.45) is 5.10 Å². The summed E-state index contributed by atoms with van der Waals surface area (Å²) >= 11 is 7.52. The van der Waals surface area contributed by atoms with E-state index in [2.05, 4.69) is 15.5 Å². The second-order valence-electron chi connectivity index (χ2n) is 5.00. The summed E-state index contributed by atoms with van der Waals surface area (Å²) in [6, 6.07) is 12.1. The van der Waals surface area contributed by atoms with Gasteiger partial charge in [-0.05, 0) is 18.2 Å². The zero-order valence-electron chi connectivity index (χ0n) is 12.8. The standard InChI is InChI=1S/C17H13ClN4O2S/c18-13-6-2-1-4-11(13)15-9-25-17(21-15)22-20-8-12-10(16(23)24)5-3-7-14(12)19/h1-9H,19H2,(H,21,22)(H,23,24)/b20-8+. The van der Waals surface area contributed by atoms with Gasteiger partial charge in [-0.15, -0.1) is 11.3 Å². The molecule has 0 unspecified atom stereocenters. The van der Waals surface area contributed by atoms with Crippen LogP contribution in [0.4, 0.5) is 10.8 Å². The average Bonchev–Trinajstić information content (AvgIpc) is 3.05. The molecule has 0 aliphatic carbocycles. The van der Waals surface area contributed by atoms with Crippen LogP contribution in [0.1, 0.15) is 15.9 Å². The molecular weight excluding hydrogens is 360 g/mol. The van der Waals surface area contributed by atoms with Crippen LogP contribution in [0.5, 0.6) is 0 Å². The van der Waals surface area contributed by atoms with Gasteiger partial charge in [0.15, 0.2) is 0 Å². The van der Waals surface area contributed by atoms with Gasteiger partial charge in [0.05, 0.1) is 17.5 Å². The van der Waals surface area contributed by atoms with Gasteiger partial charge in [0, 0.05) is 27.2 Å². The van der Waals surface area contributed by atoms with Gasteiger partial charge in [-0.2, -0.15) is 5.10 Å². The molecule has 0 spiro atoms. The predicted octanol–water partition coefficient (Wildman–Crippen LogP) is 4.19. The largest absolute Gasteiger partial charge is 0.478 e. The highest BCUT2D eigenvalue weighted by Crippen LogP contribution is 2.30. The number of nitrogen functional groups attached to an aromatic ring is 1. The van der Waals surface area contributed by atoms with Gasteiger partial charge in [0.1, 0.15) is 0 Å². The summed E-state index contributed by atoms with van der Waals surface area (Å²) in [4.78, 5) is 15.7. The molecule has 25 heavy (non-hydrogen) atoms. The quantitative estimate of drug-likeness (QED) is 0.354. The normalized spacial score (nSPS) is 10.9. The van der Waals surface area contributed by atoms with E-state index in [1.807, 2.05) is 23.6 Å². The molecule has 0 atom stereocenters. The van der Waals surface area contributed by atoms with E-state index in [9.17, 15) is 9.90 Å². The molecule has 0 fully saturated rings. The minimum Gasteiger partial charge on any atom is -0.478 e. The minimum absolute atomic E-state index is 0.0847. The van der Waals surface area contributed by atoms with Crippen LogP contribution >= 0.6 is 22.9 Å². The Morgan fingerprint density at radius 1 is 1.28 bits per heavy atom. The van der Waals surface area contributed by atoms with E-state index < -0.39 is 5.97 Å². The van der Waals surface area contributed by atoms with Crippen LogP contribution < -0.4 is 11.2 Å². The number of nitrogens with zero attached hydrogens (tertiary/aromatic N) is 2. The lowest BCUT2D eigenvalue weighted by Crippen LogP contribution is -2.05. The molecule has 3 aromatic rings. The Morgan fingerprint density at radius 2 is 2.08 bits per heavy atom. The van der Waals surface area contributed by atoms with E-state index in [1.165, 1.54) is 23.6 Å². The summed E-state index contributed by atoms with van der Waals surface area (Å²) in [5.74, 6) is -1.07. The third-order valence-corrected chi connectivity index (χ3v) is 4.45. The Kier molecular flexibility index (Phi) is 4.97. The minimum atomic E-state index is -1.07. The van der Waals surface area contributed by atoms with Crippen molar-refractivity contribution in [1.82, 2.24) is 4.98 Å². The van der Waals surface area contributed by atoms with Gasteiger partial charge in [-0.25, -0.2) is 9.78 Å². The summed E-state index contributed by atoms with van der Waals surface area (Å²) < 4.78 is 0. The van der Waals surface area contributed by atoms with Crippen LogP contribution in [0.2, 0.25) is 5.02 Å². The number of carbonyl (C=O) groups is 1. The van der Waals surface area contributed by atoms with Crippen molar-refractivity contribution in [3.8, 4) is 11.3 Å². The molecule has 0 aliphatic rings. The molecule has 1 aromatic heterocycles. The Hall–Kier alpha value is -2.90. The number of hydrogen-bond donors (Lipinski definition) is 3. The van der Waals surface area contributed by atoms with Gasteiger partial charge >= 0.3 is 5.97 Å². The van der Waals surface area contributed by atoms with E-state index in [4.69, 9.17) is 17.3 Å². The van der Waals surface area contributed by atoms with E-state index in [0.717, 1.165) is 11.3 Å². The predicted molar refractivity (Wildman–Crippen MR) is 102 cm³/mol. The lowest BCUT2D eigenvalue weighted by Gasteiger charge is -2.04. The number of nitrogens with one attached hydrogen (secondary N) is 1. The van der Waals surface area contributed by atoms with Gasteiger partial charge in [0.25, 0.3) is 0 Å². The van der Waals surface area contributed by atoms with Crippen molar-refractivity contribution in [2.75, 3.05) is 11.2 Å². The molecule has 3 rings (SSSR count). The Morgan fingerprint density at radius 3 is 2.84 bits per heavy atom. The van der Waals surface area contributed by atoms with Crippen molar-refractivity contribution in [3.63, 3.8) is 0 Å². The zero-order valence-corrected chi connectivity index (χ0v) is 14.4. The number of rotatable bonds is 5. The molecule has 1 heterocycles. The molecule has 2 aromatic carbocycles. The second-order valence-corrected chi connectivity index (χ2v) is 6.27. The van der Waals surface area contributed by atoms with Crippen LogP contribution in [0.25, 0.3) is 11.3 Å². The highest BCUT2D eigenvalue weighted by Gasteiger charge is 2.11. The lowest BCUT2D eigenvalue weighted by molar-refractivity contribution is 0.0697. The Balaban J connectivity index is 1.79. The first-order valence-corrected chi connectivity index (χ1v) is 8.43. The first kappa shape index (κ1) is 16.9. The zero-order chi connectivity index (χ0) is 17.8. The van der Waals surface area contributed by atoms with E-state index >= 15 is 0 Å². The number of carboxylic acid groups (broad SMARTS) is 1. The van der Waals surface area contributed by atoms with E-state index in [1.54, 1.807) is 18.2 Å². The first-order chi connectivity index (χ1) is 12.1. The number of thiazole rings is 1. The van der Waals surface area contributed by atoms with Crippen LogP contribution in [0.15, 0.2) is 52.9 Å². The third-order valence-electron chi connectivity index (χ3n) is 3.38. The maximum atomic E-state index is 11.2.